The van der Waals surface area contributed by atoms with Crippen molar-refractivity contribution in [3.8, 4) is 0 Å². The largest absolute Gasteiger partial charge is 0.371 e. The maximum atomic E-state index is 6.69. The number of anilines is 1. The Bertz CT molecular complexity index is 427. The average Bonchev–Trinajstić information content (AvgIpc) is 3.00. The molecule has 1 heterocycles. The molecule has 0 spiro atoms. The van der Waals surface area contributed by atoms with E-state index in [1.807, 2.05) is 0 Å². The lowest BCUT2D eigenvalue weighted by molar-refractivity contribution is 0.461. The van der Waals surface area contributed by atoms with E-state index in [0.29, 0.717) is 0 Å². The van der Waals surface area contributed by atoms with E-state index in [9.17, 15) is 0 Å². The molecular weight excluding hydrogens is 220 g/mol. The molecule has 0 amide bonds. The molecule has 2 heteroatoms. The Labute approximate surface area is 110 Å². The summed E-state index contributed by atoms with van der Waals surface area (Å²) in [6, 6.07) is 6.86. The molecule has 0 radical (unpaired) electrons. The standard InChI is InChI=1S/C16H24N2/c1-13-6-7-15(18-10-4-5-11-18)14(12-13)16(17)8-2-3-9-16/h6-7,12H,2-5,8-11,17H2,1H3. The normalized spacial score (nSPS) is 22.7. The first-order valence-corrected chi connectivity index (χ1v) is 7.34. The summed E-state index contributed by atoms with van der Waals surface area (Å²) in [6.45, 7) is 4.58. The highest BCUT2D eigenvalue weighted by Crippen LogP contribution is 2.41. The SMILES string of the molecule is Cc1ccc(N2CCCC2)c(C2(N)CCCC2)c1. The lowest BCUT2D eigenvalue weighted by Crippen LogP contribution is -2.35. The van der Waals surface area contributed by atoms with E-state index in [1.54, 1.807) is 0 Å². The van der Waals surface area contributed by atoms with Crippen molar-refractivity contribution < 1.29 is 0 Å². The summed E-state index contributed by atoms with van der Waals surface area (Å²) in [6.07, 6.45) is 7.51. The van der Waals surface area contributed by atoms with Crippen LogP contribution < -0.4 is 10.6 Å². The van der Waals surface area contributed by atoms with E-state index >= 15 is 0 Å². The minimum Gasteiger partial charge on any atom is -0.371 e. The van der Waals surface area contributed by atoms with Crippen LogP contribution in [0, 0.1) is 6.92 Å². The summed E-state index contributed by atoms with van der Waals surface area (Å²) in [5.74, 6) is 0. The second kappa shape index (κ2) is 4.58. The summed E-state index contributed by atoms with van der Waals surface area (Å²) in [7, 11) is 0. The molecule has 98 valence electrons. The monoisotopic (exact) mass is 244 g/mol. The van der Waals surface area contributed by atoms with Gasteiger partial charge in [-0.15, -0.1) is 0 Å². The zero-order valence-corrected chi connectivity index (χ0v) is 11.4. The maximum Gasteiger partial charge on any atom is 0.0430 e. The number of rotatable bonds is 2. The van der Waals surface area contributed by atoms with Crippen molar-refractivity contribution in [2.75, 3.05) is 18.0 Å². The van der Waals surface area contributed by atoms with E-state index in [0.717, 1.165) is 12.8 Å². The Hall–Kier alpha value is -1.02. The third-order valence-corrected chi connectivity index (χ3v) is 4.63. The Morgan fingerprint density at radius 2 is 1.72 bits per heavy atom. The van der Waals surface area contributed by atoms with Crippen molar-refractivity contribution in [2.24, 2.45) is 5.73 Å². The number of benzene rings is 1. The first-order chi connectivity index (χ1) is 8.69. The lowest BCUT2D eigenvalue weighted by atomic mass is 9.86. The van der Waals surface area contributed by atoms with Gasteiger partial charge in [-0.3, -0.25) is 0 Å². The van der Waals surface area contributed by atoms with Gasteiger partial charge in [-0.05, 0) is 44.2 Å². The zero-order valence-electron chi connectivity index (χ0n) is 11.4. The van der Waals surface area contributed by atoms with Gasteiger partial charge in [-0.2, -0.15) is 0 Å². The fraction of sp³-hybridized carbons (Fsp3) is 0.625. The topological polar surface area (TPSA) is 29.3 Å². The summed E-state index contributed by atoms with van der Waals surface area (Å²) >= 11 is 0. The molecule has 18 heavy (non-hydrogen) atoms. The zero-order chi connectivity index (χ0) is 12.6. The highest BCUT2D eigenvalue weighted by Gasteiger charge is 2.34. The Kier molecular flexibility index (Phi) is 3.06. The smallest absolute Gasteiger partial charge is 0.0430 e. The van der Waals surface area contributed by atoms with Crippen LogP contribution in [0.15, 0.2) is 18.2 Å². The minimum atomic E-state index is -0.0655. The van der Waals surface area contributed by atoms with Crippen LogP contribution in [-0.2, 0) is 5.54 Å². The summed E-state index contributed by atoms with van der Waals surface area (Å²) in [4.78, 5) is 2.53. The predicted molar refractivity (Wildman–Crippen MR) is 77.0 cm³/mol. The second-order valence-corrected chi connectivity index (χ2v) is 6.08. The summed E-state index contributed by atoms with van der Waals surface area (Å²) in [5, 5.41) is 0. The molecule has 2 N–H and O–H groups in total. The van der Waals surface area contributed by atoms with Crippen molar-refractivity contribution in [3.05, 3.63) is 29.3 Å². The molecule has 0 atom stereocenters. The first kappa shape index (κ1) is 12.0. The van der Waals surface area contributed by atoms with E-state index in [4.69, 9.17) is 5.73 Å². The van der Waals surface area contributed by atoms with Gasteiger partial charge in [-0.1, -0.05) is 30.5 Å². The molecular formula is C16H24N2. The fourth-order valence-corrected chi connectivity index (χ4v) is 3.56. The van der Waals surface area contributed by atoms with E-state index in [-0.39, 0.29) is 5.54 Å². The van der Waals surface area contributed by atoms with Crippen LogP contribution in [0.2, 0.25) is 0 Å². The summed E-state index contributed by atoms with van der Waals surface area (Å²) < 4.78 is 0. The quantitative estimate of drug-likeness (QED) is 0.864. The maximum absolute atomic E-state index is 6.69. The van der Waals surface area contributed by atoms with Crippen molar-refractivity contribution >= 4 is 5.69 Å². The van der Waals surface area contributed by atoms with Crippen LogP contribution in [0.4, 0.5) is 5.69 Å². The van der Waals surface area contributed by atoms with Crippen molar-refractivity contribution in [3.63, 3.8) is 0 Å². The molecule has 0 unspecified atom stereocenters. The summed E-state index contributed by atoms with van der Waals surface area (Å²) in [5.41, 5.74) is 10.8. The van der Waals surface area contributed by atoms with Gasteiger partial charge in [0.05, 0.1) is 0 Å². The number of aryl methyl sites for hydroxylation is 1. The molecule has 1 aromatic carbocycles. The van der Waals surface area contributed by atoms with Crippen LogP contribution in [0.5, 0.6) is 0 Å². The predicted octanol–water partition coefficient (Wildman–Crippen LogP) is 3.32. The molecule has 0 bridgehead atoms. The van der Waals surface area contributed by atoms with Gasteiger partial charge < -0.3 is 10.6 Å². The Morgan fingerprint density at radius 1 is 1.06 bits per heavy atom. The van der Waals surface area contributed by atoms with Crippen LogP contribution in [0.25, 0.3) is 0 Å². The van der Waals surface area contributed by atoms with Crippen LogP contribution in [0.3, 0.4) is 0 Å². The second-order valence-electron chi connectivity index (χ2n) is 6.08. The third-order valence-electron chi connectivity index (χ3n) is 4.63. The molecule has 2 aliphatic rings. The van der Waals surface area contributed by atoms with Gasteiger partial charge in [0, 0.05) is 24.3 Å². The lowest BCUT2D eigenvalue weighted by Gasteiger charge is -2.31. The van der Waals surface area contributed by atoms with Crippen molar-refractivity contribution in [1.29, 1.82) is 0 Å². The van der Waals surface area contributed by atoms with Gasteiger partial charge in [0.25, 0.3) is 0 Å². The highest BCUT2D eigenvalue weighted by atomic mass is 15.1. The number of nitrogens with zero attached hydrogens (tertiary/aromatic N) is 1. The van der Waals surface area contributed by atoms with E-state index < -0.39 is 0 Å². The Morgan fingerprint density at radius 3 is 2.39 bits per heavy atom. The fourth-order valence-electron chi connectivity index (χ4n) is 3.56. The van der Waals surface area contributed by atoms with E-state index in [2.05, 4.69) is 30.0 Å². The van der Waals surface area contributed by atoms with Gasteiger partial charge >= 0.3 is 0 Å². The molecule has 2 nitrogen and oxygen atoms in total. The average molecular weight is 244 g/mol. The number of nitrogens with two attached hydrogens (primary N) is 1. The Balaban J connectivity index is 2.02. The number of hydrogen-bond acceptors (Lipinski definition) is 2. The van der Waals surface area contributed by atoms with E-state index in [1.165, 1.54) is 55.6 Å². The van der Waals surface area contributed by atoms with Crippen LogP contribution in [-0.4, -0.2) is 13.1 Å². The molecule has 1 saturated heterocycles. The molecule has 1 aromatic rings. The van der Waals surface area contributed by atoms with Crippen molar-refractivity contribution in [1.82, 2.24) is 0 Å². The molecule has 1 saturated carbocycles. The van der Waals surface area contributed by atoms with Crippen LogP contribution in [0.1, 0.15) is 49.7 Å². The first-order valence-electron chi connectivity index (χ1n) is 7.34. The molecule has 2 fully saturated rings. The van der Waals surface area contributed by atoms with Crippen LogP contribution >= 0.6 is 0 Å². The molecule has 3 rings (SSSR count). The molecule has 0 aromatic heterocycles. The minimum absolute atomic E-state index is 0.0655. The molecule has 1 aliphatic carbocycles. The highest BCUT2D eigenvalue weighted by molar-refractivity contribution is 5.58. The third kappa shape index (κ3) is 2.03. The van der Waals surface area contributed by atoms with Gasteiger partial charge in [0.1, 0.15) is 0 Å². The van der Waals surface area contributed by atoms with Gasteiger partial charge in [0.2, 0.25) is 0 Å². The van der Waals surface area contributed by atoms with Gasteiger partial charge in [-0.25, -0.2) is 0 Å². The number of hydrogen-bond donors (Lipinski definition) is 1. The van der Waals surface area contributed by atoms with Crippen molar-refractivity contribution in [2.45, 2.75) is 51.0 Å². The molecule has 1 aliphatic heterocycles. The van der Waals surface area contributed by atoms with Gasteiger partial charge in [0.15, 0.2) is 0 Å².